The number of nitrogens with zero attached hydrogens (tertiary/aromatic N) is 1. The van der Waals surface area contributed by atoms with Crippen LogP contribution in [0.15, 0.2) is 66.9 Å². The van der Waals surface area contributed by atoms with Gasteiger partial charge in [-0.1, -0.05) is 36.4 Å². The fourth-order valence-corrected chi connectivity index (χ4v) is 3.18. The fourth-order valence-electron chi connectivity index (χ4n) is 3.18. The molecule has 160 valence electrons. The lowest BCUT2D eigenvalue weighted by molar-refractivity contribution is -0.120. The number of amides is 2. The predicted molar refractivity (Wildman–Crippen MR) is 118 cm³/mol. The molecule has 3 rings (SSSR count). The minimum atomic E-state index is -0.195. The van der Waals surface area contributed by atoms with Crippen molar-refractivity contribution in [2.45, 2.75) is 19.4 Å². The number of anilines is 1. The molecule has 7 heteroatoms. The third-order valence-corrected chi connectivity index (χ3v) is 4.70. The Morgan fingerprint density at radius 1 is 0.806 bits per heavy atom. The smallest absolute Gasteiger partial charge is 0.228 e. The van der Waals surface area contributed by atoms with Crippen LogP contribution in [0.5, 0.6) is 11.5 Å². The van der Waals surface area contributed by atoms with Crippen molar-refractivity contribution in [1.29, 1.82) is 0 Å². The molecule has 2 amide bonds. The number of carbonyl (C=O) groups excluding carboxylic acids is 2. The summed E-state index contributed by atoms with van der Waals surface area (Å²) >= 11 is 0. The number of para-hydroxylation sites is 2. The molecule has 0 spiro atoms. The van der Waals surface area contributed by atoms with Crippen LogP contribution in [-0.4, -0.2) is 31.0 Å². The maximum Gasteiger partial charge on any atom is 0.228 e. The highest BCUT2D eigenvalue weighted by Crippen LogP contribution is 2.20. The number of nitrogens with one attached hydrogen (secondary N) is 2. The Hall–Kier alpha value is -3.87. The highest BCUT2D eigenvalue weighted by molar-refractivity contribution is 5.93. The van der Waals surface area contributed by atoms with Crippen LogP contribution < -0.4 is 20.1 Å². The molecular formula is C24H25N3O4. The molecule has 2 aromatic carbocycles. The van der Waals surface area contributed by atoms with Crippen LogP contribution in [0.4, 0.5) is 5.69 Å². The number of hydrogen-bond donors (Lipinski definition) is 2. The quantitative estimate of drug-likeness (QED) is 0.556. The Labute approximate surface area is 181 Å². The lowest BCUT2D eigenvalue weighted by Crippen LogP contribution is -2.26. The van der Waals surface area contributed by atoms with Crippen LogP contribution in [0.25, 0.3) is 0 Å². The zero-order valence-corrected chi connectivity index (χ0v) is 17.6. The number of aromatic nitrogens is 1. The van der Waals surface area contributed by atoms with Crippen LogP contribution >= 0.6 is 0 Å². The summed E-state index contributed by atoms with van der Waals surface area (Å²) < 4.78 is 10.6. The van der Waals surface area contributed by atoms with Crippen LogP contribution in [0.2, 0.25) is 0 Å². The van der Waals surface area contributed by atoms with Gasteiger partial charge in [0.05, 0.1) is 45.0 Å². The lowest BCUT2D eigenvalue weighted by atomic mass is 10.1. The van der Waals surface area contributed by atoms with E-state index in [2.05, 4.69) is 15.6 Å². The summed E-state index contributed by atoms with van der Waals surface area (Å²) in [7, 11) is 3.15. The summed E-state index contributed by atoms with van der Waals surface area (Å²) in [5.41, 5.74) is 2.72. The van der Waals surface area contributed by atoms with Gasteiger partial charge < -0.3 is 20.1 Å². The predicted octanol–water partition coefficient (Wildman–Crippen LogP) is 3.14. The Balaban J connectivity index is 1.61. The molecule has 2 N–H and O–H groups in total. The van der Waals surface area contributed by atoms with E-state index < -0.39 is 0 Å². The molecule has 0 radical (unpaired) electrons. The molecule has 31 heavy (non-hydrogen) atoms. The van der Waals surface area contributed by atoms with E-state index in [1.54, 1.807) is 32.5 Å². The van der Waals surface area contributed by atoms with Gasteiger partial charge in [0.25, 0.3) is 0 Å². The second-order valence-electron chi connectivity index (χ2n) is 6.80. The van der Waals surface area contributed by atoms with Gasteiger partial charge >= 0.3 is 0 Å². The summed E-state index contributed by atoms with van der Waals surface area (Å²) in [6, 6.07) is 18.3. The van der Waals surface area contributed by atoms with Gasteiger partial charge in [0.15, 0.2) is 0 Å². The van der Waals surface area contributed by atoms with Crippen molar-refractivity contribution in [3.05, 3.63) is 83.7 Å². The van der Waals surface area contributed by atoms with Crippen LogP contribution in [0.1, 0.15) is 16.8 Å². The van der Waals surface area contributed by atoms with E-state index in [0.29, 0.717) is 22.9 Å². The summed E-state index contributed by atoms with van der Waals surface area (Å²) in [4.78, 5) is 29.3. The van der Waals surface area contributed by atoms with Gasteiger partial charge in [0.2, 0.25) is 11.8 Å². The van der Waals surface area contributed by atoms with Crippen LogP contribution in [-0.2, 0) is 29.0 Å². The molecule has 1 aromatic heterocycles. The lowest BCUT2D eigenvalue weighted by Gasteiger charge is -2.13. The first-order chi connectivity index (χ1) is 15.1. The zero-order chi connectivity index (χ0) is 22.1. The molecular weight excluding hydrogens is 394 g/mol. The second-order valence-corrected chi connectivity index (χ2v) is 6.80. The maximum absolute atomic E-state index is 12.6. The first-order valence-corrected chi connectivity index (χ1v) is 9.85. The topological polar surface area (TPSA) is 89.5 Å². The molecule has 7 nitrogen and oxygen atoms in total. The molecule has 0 aliphatic carbocycles. The molecule has 0 aliphatic heterocycles. The Morgan fingerprint density at radius 3 is 2.00 bits per heavy atom. The number of benzene rings is 2. The summed E-state index contributed by atoms with van der Waals surface area (Å²) in [5.74, 6) is 0.966. The SMILES string of the molecule is COc1ccccc1CC(=O)NCc1ncccc1NC(=O)Cc1ccccc1OC. The van der Waals surface area contributed by atoms with E-state index in [4.69, 9.17) is 9.47 Å². The average molecular weight is 419 g/mol. The van der Waals surface area contributed by atoms with Crippen LogP contribution in [0, 0.1) is 0 Å². The van der Waals surface area contributed by atoms with Crippen molar-refractivity contribution in [3.8, 4) is 11.5 Å². The highest BCUT2D eigenvalue weighted by atomic mass is 16.5. The number of hydrogen-bond acceptors (Lipinski definition) is 5. The second kappa shape index (κ2) is 10.8. The van der Waals surface area contributed by atoms with Gasteiger partial charge in [-0.05, 0) is 24.3 Å². The monoisotopic (exact) mass is 419 g/mol. The van der Waals surface area contributed by atoms with Gasteiger partial charge in [0, 0.05) is 17.3 Å². The Kier molecular flexibility index (Phi) is 7.59. The van der Waals surface area contributed by atoms with Gasteiger partial charge in [-0.2, -0.15) is 0 Å². The van der Waals surface area contributed by atoms with E-state index in [1.807, 2.05) is 48.5 Å². The van der Waals surface area contributed by atoms with E-state index in [-0.39, 0.29) is 31.2 Å². The van der Waals surface area contributed by atoms with Crippen molar-refractivity contribution in [2.24, 2.45) is 0 Å². The van der Waals surface area contributed by atoms with Crippen LogP contribution in [0.3, 0.4) is 0 Å². The zero-order valence-electron chi connectivity index (χ0n) is 17.6. The summed E-state index contributed by atoms with van der Waals surface area (Å²) in [6.07, 6.45) is 1.97. The number of rotatable bonds is 9. The van der Waals surface area contributed by atoms with E-state index in [1.165, 1.54) is 0 Å². The summed E-state index contributed by atoms with van der Waals surface area (Å²) in [6.45, 7) is 0.194. The normalized spacial score (nSPS) is 10.3. The third kappa shape index (κ3) is 6.05. The van der Waals surface area contributed by atoms with Crippen molar-refractivity contribution in [2.75, 3.05) is 19.5 Å². The van der Waals surface area contributed by atoms with Gasteiger partial charge in [-0.15, -0.1) is 0 Å². The number of pyridine rings is 1. The largest absolute Gasteiger partial charge is 0.496 e. The highest BCUT2D eigenvalue weighted by Gasteiger charge is 2.13. The molecule has 0 fully saturated rings. The molecule has 0 bridgehead atoms. The molecule has 0 unspecified atom stereocenters. The maximum atomic E-state index is 12.6. The minimum absolute atomic E-state index is 0.165. The third-order valence-electron chi connectivity index (χ3n) is 4.70. The molecule has 0 saturated heterocycles. The minimum Gasteiger partial charge on any atom is -0.496 e. The molecule has 0 saturated carbocycles. The molecule has 1 heterocycles. The standard InChI is InChI=1S/C24H25N3O4/c1-30-21-11-5-3-8-17(21)14-23(28)26-16-20-19(10-7-13-25-20)27-24(29)15-18-9-4-6-12-22(18)31-2/h3-13H,14-16H2,1-2H3,(H,26,28)(H,27,29). The van der Waals surface area contributed by atoms with Gasteiger partial charge in [-0.3, -0.25) is 14.6 Å². The number of methoxy groups -OCH3 is 2. The Bertz CT molecular complexity index is 1050. The van der Waals surface area contributed by atoms with E-state index in [9.17, 15) is 9.59 Å². The van der Waals surface area contributed by atoms with Gasteiger partial charge in [-0.25, -0.2) is 0 Å². The first-order valence-electron chi connectivity index (χ1n) is 9.85. The number of ether oxygens (including phenoxy) is 2. The molecule has 0 atom stereocenters. The Morgan fingerprint density at radius 2 is 1.39 bits per heavy atom. The van der Waals surface area contributed by atoms with Crippen molar-refractivity contribution in [1.82, 2.24) is 10.3 Å². The molecule has 3 aromatic rings. The average Bonchev–Trinajstić information content (AvgIpc) is 2.79. The first kappa shape index (κ1) is 21.8. The van der Waals surface area contributed by atoms with Crippen molar-refractivity contribution >= 4 is 17.5 Å². The fraction of sp³-hybridized carbons (Fsp3) is 0.208. The number of carbonyl (C=O) groups is 2. The molecule has 0 aliphatic rings. The van der Waals surface area contributed by atoms with E-state index in [0.717, 1.165) is 11.1 Å². The van der Waals surface area contributed by atoms with Gasteiger partial charge in [0.1, 0.15) is 11.5 Å². The van der Waals surface area contributed by atoms with E-state index >= 15 is 0 Å². The van der Waals surface area contributed by atoms with Crippen molar-refractivity contribution < 1.29 is 19.1 Å². The van der Waals surface area contributed by atoms with Crippen molar-refractivity contribution in [3.63, 3.8) is 0 Å². The summed E-state index contributed by atoms with van der Waals surface area (Å²) in [5, 5.41) is 5.73.